The molecule has 2 atom stereocenters. The normalized spacial score (nSPS) is 21.8. The van der Waals surface area contributed by atoms with Gasteiger partial charge < -0.3 is 9.72 Å². The van der Waals surface area contributed by atoms with Gasteiger partial charge in [-0.1, -0.05) is 26.0 Å². The highest BCUT2D eigenvalue weighted by Crippen LogP contribution is 2.70. The number of amides is 1. The Labute approximate surface area is 136 Å². The largest absolute Gasteiger partial charge is 0.497 e. The molecule has 1 saturated carbocycles. The fraction of sp³-hybridized carbons (Fsp3) is 0.444. The lowest BCUT2D eigenvalue weighted by atomic mass is 10.0. The highest BCUT2D eigenvalue weighted by molar-refractivity contribution is 5.86. The van der Waals surface area contributed by atoms with Gasteiger partial charge in [-0.2, -0.15) is 0 Å². The molecule has 0 bridgehead atoms. The first kappa shape index (κ1) is 15.6. The standard InChI is InChI=1S/C18H23N3O2/c1-10-16(21-17(19-10)20-11(2)22)15-14(18(15,3)4)12-6-8-13(23-5)9-7-12/h6-9,14-15H,1-5H3,(H2,19,20,21,22)/t14-,15+/m1/s1. The number of anilines is 1. The van der Waals surface area contributed by atoms with Crippen LogP contribution in [0.2, 0.25) is 0 Å². The Hall–Kier alpha value is -2.30. The Bertz CT molecular complexity index is 731. The molecule has 1 fully saturated rings. The highest BCUT2D eigenvalue weighted by atomic mass is 16.5. The number of H-pyrrole nitrogens is 1. The van der Waals surface area contributed by atoms with E-state index in [2.05, 4.69) is 41.3 Å². The third-order valence-corrected chi connectivity index (χ3v) is 4.83. The van der Waals surface area contributed by atoms with Crippen LogP contribution in [0.4, 0.5) is 5.95 Å². The van der Waals surface area contributed by atoms with E-state index in [1.807, 2.05) is 19.1 Å². The van der Waals surface area contributed by atoms with E-state index in [1.54, 1.807) is 7.11 Å². The van der Waals surface area contributed by atoms with E-state index in [1.165, 1.54) is 12.5 Å². The van der Waals surface area contributed by atoms with Gasteiger partial charge in [0.05, 0.1) is 12.8 Å². The van der Waals surface area contributed by atoms with E-state index < -0.39 is 0 Å². The molecule has 0 aliphatic heterocycles. The van der Waals surface area contributed by atoms with Gasteiger partial charge in [0.15, 0.2) is 0 Å². The first-order chi connectivity index (χ1) is 10.8. The van der Waals surface area contributed by atoms with Crippen molar-refractivity contribution < 1.29 is 9.53 Å². The zero-order chi connectivity index (χ0) is 16.8. The molecule has 3 rings (SSSR count). The van der Waals surface area contributed by atoms with Crippen LogP contribution in [0.1, 0.15) is 49.6 Å². The number of carbonyl (C=O) groups excluding carboxylic acids is 1. The molecule has 1 aromatic carbocycles. The molecule has 2 aromatic rings. The summed E-state index contributed by atoms with van der Waals surface area (Å²) in [7, 11) is 1.68. The topological polar surface area (TPSA) is 67.0 Å². The van der Waals surface area contributed by atoms with E-state index in [4.69, 9.17) is 4.74 Å². The van der Waals surface area contributed by atoms with Gasteiger partial charge in [0.2, 0.25) is 11.9 Å². The number of ether oxygens (including phenoxy) is 1. The van der Waals surface area contributed by atoms with Crippen molar-refractivity contribution >= 4 is 11.9 Å². The van der Waals surface area contributed by atoms with Gasteiger partial charge in [-0.05, 0) is 36.0 Å². The smallest absolute Gasteiger partial charge is 0.223 e. The lowest BCUT2D eigenvalue weighted by Gasteiger charge is -2.04. The lowest BCUT2D eigenvalue weighted by molar-refractivity contribution is -0.114. The second-order valence-corrected chi connectivity index (χ2v) is 6.82. The molecule has 1 aliphatic carbocycles. The summed E-state index contributed by atoms with van der Waals surface area (Å²) in [5.41, 5.74) is 3.51. The van der Waals surface area contributed by atoms with Crippen LogP contribution in [0.3, 0.4) is 0 Å². The van der Waals surface area contributed by atoms with Crippen molar-refractivity contribution in [3.8, 4) is 5.75 Å². The highest BCUT2D eigenvalue weighted by Gasteiger charge is 2.60. The summed E-state index contributed by atoms with van der Waals surface area (Å²) in [5.74, 6) is 2.08. The Morgan fingerprint density at radius 2 is 1.91 bits per heavy atom. The molecule has 2 N–H and O–H groups in total. The van der Waals surface area contributed by atoms with E-state index in [-0.39, 0.29) is 11.3 Å². The number of hydrogen-bond donors (Lipinski definition) is 2. The molecule has 23 heavy (non-hydrogen) atoms. The number of imidazole rings is 1. The molecule has 0 radical (unpaired) electrons. The molecule has 1 aromatic heterocycles. The predicted molar refractivity (Wildman–Crippen MR) is 89.9 cm³/mol. The van der Waals surface area contributed by atoms with Crippen molar-refractivity contribution in [2.24, 2.45) is 5.41 Å². The third-order valence-electron chi connectivity index (χ3n) is 4.83. The van der Waals surface area contributed by atoms with Gasteiger partial charge in [-0.15, -0.1) is 0 Å². The van der Waals surface area contributed by atoms with Crippen LogP contribution >= 0.6 is 0 Å². The number of aromatic nitrogens is 2. The summed E-state index contributed by atoms with van der Waals surface area (Å²) in [6.07, 6.45) is 0. The van der Waals surface area contributed by atoms with Gasteiger partial charge in [0.1, 0.15) is 5.75 Å². The fourth-order valence-corrected chi connectivity index (χ4v) is 3.61. The first-order valence-corrected chi connectivity index (χ1v) is 7.82. The van der Waals surface area contributed by atoms with Crippen LogP contribution in [-0.2, 0) is 4.79 Å². The van der Waals surface area contributed by atoms with Gasteiger partial charge in [0.25, 0.3) is 0 Å². The van der Waals surface area contributed by atoms with Crippen LogP contribution in [0.5, 0.6) is 5.75 Å². The Kier molecular flexibility index (Phi) is 3.66. The number of aryl methyl sites for hydroxylation is 1. The number of rotatable bonds is 4. The van der Waals surface area contributed by atoms with Gasteiger partial charge in [-0.25, -0.2) is 4.98 Å². The average Bonchev–Trinajstić information content (AvgIpc) is 2.87. The summed E-state index contributed by atoms with van der Waals surface area (Å²) < 4.78 is 5.24. The summed E-state index contributed by atoms with van der Waals surface area (Å²) in [5, 5.41) is 2.72. The minimum atomic E-state index is -0.118. The van der Waals surface area contributed by atoms with E-state index in [9.17, 15) is 4.79 Å². The van der Waals surface area contributed by atoms with Crippen molar-refractivity contribution in [2.75, 3.05) is 12.4 Å². The number of nitrogens with zero attached hydrogens (tertiary/aromatic N) is 1. The van der Waals surface area contributed by atoms with Crippen molar-refractivity contribution in [1.82, 2.24) is 9.97 Å². The monoisotopic (exact) mass is 313 g/mol. The first-order valence-electron chi connectivity index (χ1n) is 7.82. The molecule has 1 amide bonds. The summed E-state index contributed by atoms with van der Waals surface area (Å²) >= 11 is 0. The Morgan fingerprint density at radius 3 is 2.48 bits per heavy atom. The number of methoxy groups -OCH3 is 1. The molecule has 0 saturated heterocycles. The maximum atomic E-state index is 11.2. The molecule has 1 heterocycles. The Balaban J connectivity index is 1.88. The van der Waals surface area contributed by atoms with Crippen LogP contribution < -0.4 is 10.1 Å². The maximum absolute atomic E-state index is 11.2. The molecular formula is C18H23N3O2. The SMILES string of the molecule is COc1ccc([C@@H]2[C@@H](c3[nH]c(NC(C)=O)nc3C)C2(C)C)cc1. The number of hydrogen-bond acceptors (Lipinski definition) is 3. The van der Waals surface area contributed by atoms with Gasteiger partial charge in [-0.3, -0.25) is 10.1 Å². The number of aromatic amines is 1. The minimum absolute atomic E-state index is 0.118. The van der Waals surface area contributed by atoms with E-state index in [0.717, 1.165) is 17.1 Å². The molecule has 122 valence electrons. The molecule has 0 spiro atoms. The quantitative estimate of drug-likeness (QED) is 0.906. The van der Waals surface area contributed by atoms with Crippen molar-refractivity contribution in [3.63, 3.8) is 0 Å². The summed E-state index contributed by atoms with van der Waals surface area (Å²) in [6, 6.07) is 8.27. The summed E-state index contributed by atoms with van der Waals surface area (Å²) in [4.78, 5) is 18.9. The summed E-state index contributed by atoms with van der Waals surface area (Å²) in [6.45, 7) is 8.01. The molecule has 5 heteroatoms. The predicted octanol–water partition coefficient (Wildman–Crippen LogP) is 3.59. The maximum Gasteiger partial charge on any atom is 0.223 e. The van der Waals surface area contributed by atoms with Gasteiger partial charge >= 0.3 is 0 Å². The van der Waals surface area contributed by atoms with Crippen LogP contribution in [-0.4, -0.2) is 23.0 Å². The molecule has 1 aliphatic rings. The third kappa shape index (κ3) is 2.71. The van der Waals surface area contributed by atoms with Crippen molar-refractivity contribution in [1.29, 1.82) is 0 Å². The number of benzene rings is 1. The fourth-order valence-electron chi connectivity index (χ4n) is 3.61. The second kappa shape index (κ2) is 5.41. The zero-order valence-corrected chi connectivity index (χ0v) is 14.2. The average molecular weight is 313 g/mol. The van der Waals surface area contributed by atoms with Crippen LogP contribution in [0, 0.1) is 12.3 Å². The van der Waals surface area contributed by atoms with Crippen molar-refractivity contribution in [3.05, 3.63) is 41.2 Å². The number of nitrogens with one attached hydrogen (secondary N) is 2. The lowest BCUT2D eigenvalue weighted by Crippen LogP contribution is -2.07. The van der Waals surface area contributed by atoms with E-state index >= 15 is 0 Å². The number of carbonyl (C=O) groups is 1. The minimum Gasteiger partial charge on any atom is -0.497 e. The molecular weight excluding hydrogens is 290 g/mol. The van der Waals surface area contributed by atoms with Crippen LogP contribution in [0.25, 0.3) is 0 Å². The molecule has 0 unspecified atom stereocenters. The van der Waals surface area contributed by atoms with Gasteiger partial charge in [0, 0.05) is 18.5 Å². The van der Waals surface area contributed by atoms with Crippen LogP contribution in [0.15, 0.2) is 24.3 Å². The zero-order valence-electron chi connectivity index (χ0n) is 14.2. The second-order valence-electron chi connectivity index (χ2n) is 6.82. The molecule has 5 nitrogen and oxygen atoms in total. The van der Waals surface area contributed by atoms with E-state index in [0.29, 0.717) is 17.8 Å². The van der Waals surface area contributed by atoms with Crippen molar-refractivity contribution in [2.45, 2.75) is 39.5 Å². The Morgan fingerprint density at radius 1 is 1.26 bits per heavy atom.